The molecule has 0 aromatic rings. The van der Waals surface area contributed by atoms with E-state index in [9.17, 15) is 0 Å². The van der Waals surface area contributed by atoms with E-state index in [1.54, 1.807) is 0 Å². The monoisotopic (exact) mass is 161 g/mol. The van der Waals surface area contributed by atoms with Gasteiger partial charge >= 0.3 is 0 Å². The molecular formula is C11H13O. The number of rotatable bonds is 0. The highest BCUT2D eigenvalue weighted by molar-refractivity contribution is 5.66. The highest BCUT2D eigenvalue weighted by atomic mass is 16.5. The summed E-state index contributed by atoms with van der Waals surface area (Å²) in [6.07, 6.45) is 0. The predicted octanol–water partition coefficient (Wildman–Crippen LogP) is 3.12. The normalized spacial score (nSPS) is 22.3. The lowest BCUT2D eigenvalue weighted by atomic mass is 10.1. The van der Waals surface area contributed by atoms with Crippen LogP contribution in [0.4, 0.5) is 0 Å². The molecule has 0 unspecified atom stereocenters. The Morgan fingerprint density at radius 3 is 2.17 bits per heavy atom. The van der Waals surface area contributed by atoms with Crippen LogP contribution in [0.15, 0.2) is 33.6 Å². The average Bonchev–Trinajstić information content (AvgIpc) is 2.51. The minimum absolute atomic E-state index is 1.04. The Balaban J connectivity index is 2.65. The lowest BCUT2D eigenvalue weighted by molar-refractivity contribution is 0.324. The van der Waals surface area contributed by atoms with Crippen LogP contribution in [0.5, 0.6) is 0 Å². The average molecular weight is 161 g/mol. The first-order valence-electron chi connectivity index (χ1n) is 4.23. The van der Waals surface area contributed by atoms with Crippen LogP contribution in [-0.4, -0.2) is 0 Å². The molecule has 0 aromatic carbocycles. The summed E-state index contributed by atoms with van der Waals surface area (Å²) in [5, 5.41) is 0. The number of hydrogen-bond donors (Lipinski definition) is 0. The second kappa shape index (κ2) is 2.25. The van der Waals surface area contributed by atoms with Gasteiger partial charge in [-0.1, -0.05) is 0 Å². The number of allylic oxidation sites excluding steroid dienone is 4. The maximum absolute atomic E-state index is 5.37. The molecule has 0 amide bonds. The summed E-state index contributed by atoms with van der Waals surface area (Å²) in [7, 11) is 0. The summed E-state index contributed by atoms with van der Waals surface area (Å²) < 4.78 is 5.37. The molecule has 1 heteroatoms. The summed E-state index contributed by atoms with van der Waals surface area (Å²) in [6.45, 7) is 10.4. The van der Waals surface area contributed by atoms with Crippen LogP contribution >= 0.6 is 0 Å². The van der Waals surface area contributed by atoms with Gasteiger partial charge in [0.1, 0.15) is 5.76 Å². The van der Waals surface area contributed by atoms with Gasteiger partial charge in [0.15, 0.2) is 6.61 Å². The molecular weight excluding hydrogens is 148 g/mol. The quantitative estimate of drug-likeness (QED) is 0.530. The van der Waals surface area contributed by atoms with Crippen LogP contribution < -0.4 is 0 Å². The Morgan fingerprint density at radius 2 is 1.58 bits per heavy atom. The summed E-state index contributed by atoms with van der Waals surface area (Å²) in [4.78, 5) is 0. The van der Waals surface area contributed by atoms with E-state index in [2.05, 4.69) is 20.8 Å². The van der Waals surface area contributed by atoms with E-state index in [0.717, 1.165) is 5.76 Å². The second-order valence-electron chi connectivity index (χ2n) is 3.46. The van der Waals surface area contributed by atoms with Gasteiger partial charge in [-0.15, -0.1) is 0 Å². The molecule has 0 saturated heterocycles. The smallest absolute Gasteiger partial charge is 0.165 e. The molecule has 1 radical (unpaired) electrons. The van der Waals surface area contributed by atoms with Gasteiger partial charge in [-0.05, 0) is 44.4 Å². The lowest BCUT2D eigenvalue weighted by Crippen LogP contribution is -1.82. The predicted molar refractivity (Wildman–Crippen MR) is 49.2 cm³/mol. The molecule has 0 bridgehead atoms. The molecule has 0 saturated carbocycles. The third kappa shape index (κ3) is 0.739. The first-order chi connectivity index (χ1) is 5.63. The summed E-state index contributed by atoms with van der Waals surface area (Å²) in [6, 6.07) is 0. The summed E-state index contributed by atoms with van der Waals surface area (Å²) in [5.74, 6) is 1.04. The zero-order valence-electron chi connectivity index (χ0n) is 7.99. The van der Waals surface area contributed by atoms with E-state index in [1.165, 1.54) is 27.9 Å². The van der Waals surface area contributed by atoms with Crippen molar-refractivity contribution in [1.29, 1.82) is 0 Å². The van der Waals surface area contributed by atoms with E-state index in [4.69, 9.17) is 4.74 Å². The maximum Gasteiger partial charge on any atom is 0.165 e. The van der Waals surface area contributed by atoms with Gasteiger partial charge in [-0.2, -0.15) is 0 Å². The first kappa shape index (κ1) is 7.66. The van der Waals surface area contributed by atoms with E-state index in [-0.39, 0.29) is 0 Å². The van der Waals surface area contributed by atoms with Crippen LogP contribution in [0.25, 0.3) is 0 Å². The molecule has 1 nitrogen and oxygen atoms in total. The van der Waals surface area contributed by atoms with Crippen molar-refractivity contribution in [3.63, 3.8) is 0 Å². The van der Waals surface area contributed by atoms with Crippen molar-refractivity contribution in [2.45, 2.75) is 27.7 Å². The van der Waals surface area contributed by atoms with Crippen molar-refractivity contribution in [3.8, 4) is 0 Å². The molecule has 0 spiro atoms. The van der Waals surface area contributed by atoms with Gasteiger partial charge in [-0.3, -0.25) is 0 Å². The highest BCUT2D eigenvalue weighted by Gasteiger charge is 2.28. The Labute approximate surface area is 73.4 Å². The largest absolute Gasteiger partial charge is 0.485 e. The minimum atomic E-state index is 1.04. The number of hydrogen-bond acceptors (Lipinski definition) is 1. The third-order valence-electron chi connectivity index (χ3n) is 2.88. The maximum atomic E-state index is 5.37. The number of fused-ring (bicyclic) bond motifs is 1. The van der Waals surface area contributed by atoms with Gasteiger partial charge in [0.25, 0.3) is 0 Å². The molecule has 0 N–H and O–H groups in total. The summed E-state index contributed by atoms with van der Waals surface area (Å²) in [5.41, 5.74) is 6.72. The number of ether oxygens (including phenoxy) is 1. The van der Waals surface area contributed by atoms with Crippen LogP contribution in [0.3, 0.4) is 0 Å². The standard InChI is InChI=1S/C11H13O/c1-6-7(2)10-5-12-9(4)11(10)8(6)3/h5H,1-4H3. The highest BCUT2D eigenvalue weighted by Crippen LogP contribution is 2.43. The fraction of sp³-hybridized carbons (Fsp3) is 0.364. The fourth-order valence-electron chi connectivity index (χ4n) is 1.87. The topological polar surface area (TPSA) is 9.23 Å². The van der Waals surface area contributed by atoms with Crippen molar-refractivity contribution in [3.05, 3.63) is 40.2 Å². The molecule has 12 heavy (non-hydrogen) atoms. The van der Waals surface area contributed by atoms with Gasteiger partial charge in [-0.25, -0.2) is 0 Å². The van der Waals surface area contributed by atoms with Crippen molar-refractivity contribution >= 4 is 0 Å². The van der Waals surface area contributed by atoms with E-state index >= 15 is 0 Å². The van der Waals surface area contributed by atoms with Gasteiger partial charge in [0.05, 0.1) is 0 Å². The Kier molecular flexibility index (Phi) is 1.44. The fourth-order valence-corrected chi connectivity index (χ4v) is 1.87. The van der Waals surface area contributed by atoms with Gasteiger partial charge in [0.2, 0.25) is 0 Å². The first-order valence-corrected chi connectivity index (χ1v) is 4.23. The van der Waals surface area contributed by atoms with Crippen molar-refractivity contribution in [1.82, 2.24) is 0 Å². The molecule has 1 aliphatic heterocycles. The lowest BCUT2D eigenvalue weighted by Gasteiger charge is -2.00. The Bertz CT molecular complexity index is 340. The molecule has 63 valence electrons. The van der Waals surface area contributed by atoms with Crippen LogP contribution in [0.2, 0.25) is 0 Å². The van der Waals surface area contributed by atoms with Gasteiger partial charge in [0, 0.05) is 11.1 Å². The zero-order chi connectivity index (χ0) is 8.88. The van der Waals surface area contributed by atoms with Crippen LogP contribution in [-0.2, 0) is 4.74 Å². The van der Waals surface area contributed by atoms with Crippen molar-refractivity contribution < 1.29 is 4.74 Å². The molecule has 1 heterocycles. The Morgan fingerprint density at radius 1 is 0.917 bits per heavy atom. The molecule has 1 aliphatic carbocycles. The molecule has 0 fully saturated rings. The van der Waals surface area contributed by atoms with E-state index < -0.39 is 0 Å². The second-order valence-corrected chi connectivity index (χ2v) is 3.46. The molecule has 2 rings (SSSR count). The van der Waals surface area contributed by atoms with Crippen molar-refractivity contribution in [2.75, 3.05) is 0 Å². The van der Waals surface area contributed by atoms with Crippen molar-refractivity contribution in [2.24, 2.45) is 0 Å². The van der Waals surface area contributed by atoms with Crippen LogP contribution in [0, 0.1) is 6.61 Å². The third-order valence-corrected chi connectivity index (χ3v) is 2.88. The summed E-state index contributed by atoms with van der Waals surface area (Å²) >= 11 is 0. The molecule has 0 aromatic heterocycles. The Hall–Kier alpha value is -0.980. The van der Waals surface area contributed by atoms with Gasteiger partial charge < -0.3 is 4.74 Å². The van der Waals surface area contributed by atoms with E-state index in [0.29, 0.717) is 0 Å². The minimum Gasteiger partial charge on any atom is -0.485 e. The van der Waals surface area contributed by atoms with E-state index in [1.807, 2.05) is 13.5 Å². The SMILES string of the molecule is CC1=C2C(C)=C(C)C(C)=C2[CH]O1. The zero-order valence-corrected chi connectivity index (χ0v) is 7.99. The van der Waals surface area contributed by atoms with Crippen LogP contribution in [0.1, 0.15) is 27.7 Å². The molecule has 0 atom stereocenters. The molecule has 2 aliphatic rings.